The lowest BCUT2D eigenvalue weighted by atomic mass is 9.90. The van der Waals surface area contributed by atoms with Gasteiger partial charge in [0.25, 0.3) is 0 Å². The van der Waals surface area contributed by atoms with Crippen LogP contribution in [-0.2, 0) is 25.6 Å². The Labute approximate surface area is 200 Å². The molecule has 0 unspecified atom stereocenters. The second-order valence-electron chi connectivity index (χ2n) is 8.57. The topological polar surface area (TPSA) is 34.9 Å². The van der Waals surface area contributed by atoms with Gasteiger partial charge in [-0.15, -0.1) is 0 Å². The van der Waals surface area contributed by atoms with Crippen molar-refractivity contribution in [3.63, 3.8) is 0 Å². The van der Waals surface area contributed by atoms with Gasteiger partial charge in [0.15, 0.2) is 10.9 Å². The van der Waals surface area contributed by atoms with Gasteiger partial charge in [-0.3, -0.25) is 4.79 Å². The number of carbonyl (C=O) groups is 1. The second-order valence-corrected chi connectivity index (χ2v) is 9.51. The molecule has 0 amide bonds. The van der Waals surface area contributed by atoms with E-state index >= 15 is 0 Å². The molecule has 3 aromatic carbocycles. The lowest BCUT2D eigenvalue weighted by molar-refractivity contribution is -0.137. The molecule has 34 heavy (non-hydrogen) atoms. The number of aryl methyl sites for hydroxylation is 2. The van der Waals surface area contributed by atoms with E-state index in [0.717, 1.165) is 37.0 Å². The van der Waals surface area contributed by atoms with Crippen molar-refractivity contribution in [3.05, 3.63) is 94.5 Å². The summed E-state index contributed by atoms with van der Waals surface area (Å²) in [6.07, 6.45) is -0.0558. The van der Waals surface area contributed by atoms with Crippen molar-refractivity contribution in [3.8, 4) is 0 Å². The van der Waals surface area contributed by atoms with Gasteiger partial charge in [-0.25, -0.2) is 4.98 Å². The molecular weight excluding hydrogens is 457 g/mol. The van der Waals surface area contributed by atoms with Gasteiger partial charge in [0.2, 0.25) is 0 Å². The minimum atomic E-state index is -4.44. The number of imidazole rings is 1. The fourth-order valence-corrected chi connectivity index (χ4v) is 5.34. The number of benzene rings is 3. The Morgan fingerprint density at radius 1 is 0.941 bits per heavy atom. The molecule has 7 heteroatoms. The van der Waals surface area contributed by atoms with Gasteiger partial charge in [-0.1, -0.05) is 54.2 Å². The van der Waals surface area contributed by atoms with Crippen LogP contribution in [0, 0.1) is 0 Å². The largest absolute Gasteiger partial charge is 0.416 e. The van der Waals surface area contributed by atoms with Crippen LogP contribution < -0.4 is 0 Å². The maximum Gasteiger partial charge on any atom is 0.416 e. The molecule has 0 bridgehead atoms. The van der Waals surface area contributed by atoms with Crippen LogP contribution in [0.5, 0.6) is 0 Å². The lowest BCUT2D eigenvalue weighted by Crippen LogP contribution is -2.09. The maximum absolute atomic E-state index is 13.2. The van der Waals surface area contributed by atoms with Crippen LogP contribution in [-0.4, -0.2) is 21.1 Å². The van der Waals surface area contributed by atoms with Crippen LogP contribution >= 0.6 is 11.8 Å². The first kappa shape index (κ1) is 22.7. The van der Waals surface area contributed by atoms with Crippen LogP contribution in [0.2, 0.25) is 0 Å². The molecule has 1 aromatic heterocycles. The molecule has 0 N–H and O–H groups in total. The van der Waals surface area contributed by atoms with Crippen LogP contribution in [0.4, 0.5) is 13.2 Å². The third kappa shape index (κ3) is 4.75. The summed E-state index contributed by atoms with van der Waals surface area (Å²) >= 11 is 1.27. The van der Waals surface area contributed by atoms with Crippen LogP contribution in [0.25, 0.3) is 11.0 Å². The molecular formula is C27H23F3N2OS. The van der Waals surface area contributed by atoms with Gasteiger partial charge >= 0.3 is 6.18 Å². The van der Waals surface area contributed by atoms with E-state index in [1.54, 1.807) is 0 Å². The molecule has 174 valence electrons. The van der Waals surface area contributed by atoms with Gasteiger partial charge in [0.1, 0.15) is 0 Å². The molecule has 0 fully saturated rings. The predicted molar refractivity (Wildman–Crippen MR) is 128 cm³/mol. The van der Waals surface area contributed by atoms with Crippen LogP contribution in [0.15, 0.2) is 71.9 Å². The van der Waals surface area contributed by atoms with E-state index in [-0.39, 0.29) is 17.1 Å². The highest BCUT2D eigenvalue weighted by Crippen LogP contribution is 2.33. The summed E-state index contributed by atoms with van der Waals surface area (Å²) in [6.45, 7) is 0.456. The monoisotopic (exact) mass is 480 g/mol. The van der Waals surface area contributed by atoms with Crippen LogP contribution in [0.3, 0.4) is 0 Å². The third-order valence-electron chi connectivity index (χ3n) is 6.23. The maximum atomic E-state index is 13.2. The predicted octanol–water partition coefficient (Wildman–Crippen LogP) is 6.96. The van der Waals surface area contributed by atoms with Crippen molar-refractivity contribution in [2.75, 3.05) is 5.75 Å². The Bertz CT molecular complexity index is 1350. The van der Waals surface area contributed by atoms with E-state index in [9.17, 15) is 18.0 Å². The first-order valence-electron chi connectivity index (χ1n) is 11.3. The number of hydrogen-bond acceptors (Lipinski definition) is 3. The van der Waals surface area contributed by atoms with E-state index in [1.165, 1.54) is 35.4 Å². The van der Waals surface area contributed by atoms with Gasteiger partial charge in [-0.2, -0.15) is 13.2 Å². The molecule has 1 aliphatic rings. The minimum Gasteiger partial charge on any atom is -0.314 e. The molecule has 4 aromatic rings. The molecule has 0 aliphatic heterocycles. The lowest BCUT2D eigenvalue weighted by Gasteiger charge is -2.16. The van der Waals surface area contributed by atoms with Crippen molar-refractivity contribution < 1.29 is 18.0 Å². The number of hydrogen-bond donors (Lipinski definition) is 0. The summed E-state index contributed by atoms with van der Waals surface area (Å²) in [5.74, 6) is 0.163. The number of nitrogens with zero attached hydrogens (tertiary/aromatic N) is 2. The zero-order chi connectivity index (χ0) is 23.7. The zero-order valence-corrected chi connectivity index (χ0v) is 19.3. The highest BCUT2D eigenvalue weighted by molar-refractivity contribution is 7.99. The molecule has 1 heterocycles. The second kappa shape index (κ2) is 9.29. The van der Waals surface area contributed by atoms with E-state index in [2.05, 4.69) is 11.1 Å². The van der Waals surface area contributed by atoms with Crippen molar-refractivity contribution in [1.29, 1.82) is 0 Å². The fourth-order valence-electron chi connectivity index (χ4n) is 4.43. The first-order valence-corrected chi connectivity index (χ1v) is 12.3. The van der Waals surface area contributed by atoms with Crippen molar-refractivity contribution in [2.24, 2.45) is 0 Å². The number of ketones is 1. The van der Waals surface area contributed by atoms with Gasteiger partial charge in [0, 0.05) is 5.56 Å². The number of fused-ring (bicyclic) bond motifs is 2. The summed E-state index contributed by atoms with van der Waals surface area (Å²) in [7, 11) is 0. The Morgan fingerprint density at radius 3 is 2.47 bits per heavy atom. The van der Waals surface area contributed by atoms with E-state index < -0.39 is 11.7 Å². The number of carbonyl (C=O) groups excluding carboxylic acids is 1. The first-order chi connectivity index (χ1) is 16.4. The number of alkyl halides is 3. The molecule has 1 aliphatic carbocycles. The average Bonchev–Trinajstić information content (AvgIpc) is 3.18. The smallest absolute Gasteiger partial charge is 0.314 e. The molecule has 5 rings (SSSR count). The summed E-state index contributed by atoms with van der Waals surface area (Å²) in [6, 6.07) is 19.2. The van der Waals surface area contributed by atoms with E-state index in [1.807, 2.05) is 47.0 Å². The highest BCUT2D eigenvalue weighted by atomic mass is 32.2. The Morgan fingerprint density at radius 2 is 1.71 bits per heavy atom. The molecule has 0 spiro atoms. The Kier molecular flexibility index (Phi) is 6.21. The van der Waals surface area contributed by atoms with Gasteiger partial charge in [-0.05, 0) is 66.6 Å². The number of thioether (sulfide) groups is 1. The van der Waals surface area contributed by atoms with Gasteiger partial charge < -0.3 is 4.57 Å². The SMILES string of the molecule is O=C(CSc1nc2cc(C(F)(F)F)ccc2n1Cc1ccccc1)c1ccc2c(c1)CCCC2. The van der Waals surface area contributed by atoms with Crippen LogP contribution in [0.1, 0.15) is 45.5 Å². The number of aromatic nitrogens is 2. The standard InChI is InChI=1S/C27H23F3N2OS/c28-27(29,30)22-12-13-24-23(15-22)31-26(32(24)16-18-6-2-1-3-7-18)34-17-25(33)21-11-10-19-8-4-5-9-20(19)14-21/h1-3,6-7,10-15H,4-5,8-9,16-17H2. The number of Topliss-reactive ketones (excluding diaryl/α,β-unsaturated/α-hetero) is 1. The summed E-state index contributed by atoms with van der Waals surface area (Å²) in [5.41, 5.74) is 4.41. The van der Waals surface area contributed by atoms with E-state index in [4.69, 9.17) is 0 Å². The molecule has 0 radical (unpaired) electrons. The molecule has 0 saturated heterocycles. The Hall–Kier alpha value is -3.06. The zero-order valence-electron chi connectivity index (χ0n) is 18.4. The van der Waals surface area contributed by atoms with Crippen molar-refractivity contribution >= 4 is 28.6 Å². The number of halogens is 3. The number of rotatable bonds is 6. The quantitative estimate of drug-likeness (QED) is 0.221. The van der Waals surface area contributed by atoms with Gasteiger partial charge in [0.05, 0.1) is 28.9 Å². The normalized spacial score (nSPS) is 13.7. The summed E-state index contributed by atoms with van der Waals surface area (Å²) in [5, 5.41) is 0.532. The minimum absolute atomic E-state index is 0.00679. The molecule has 3 nitrogen and oxygen atoms in total. The highest BCUT2D eigenvalue weighted by Gasteiger charge is 2.31. The third-order valence-corrected chi connectivity index (χ3v) is 7.20. The van der Waals surface area contributed by atoms with Crippen molar-refractivity contribution in [2.45, 2.75) is 43.6 Å². The van der Waals surface area contributed by atoms with Crippen molar-refractivity contribution in [1.82, 2.24) is 9.55 Å². The fraction of sp³-hybridized carbons (Fsp3) is 0.259. The van der Waals surface area contributed by atoms with E-state index in [0.29, 0.717) is 22.8 Å². The molecule has 0 atom stereocenters. The Balaban J connectivity index is 1.44. The average molecular weight is 481 g/mol. The molecule has 0 saturated carbocycles. The summed E-state index contributed by atoms with van der Waals surface area (Å²) < 4.78 is 41.6. The summed E-state index contributed by atoms with van der Waals surface area (Å²) in [4.78, 5) is 17.5.